The smallest absolute Gasteiger partial charge is 0.264 e. The van der Waals surface area contributed by atoms with E-state index in [0.29, 0.717) is 28.7 Å². The quantitative estimate of drug-likeness (QED) is 0.436. The van der Waals surface area contributed by atoms with Crippen molar-refractivity contribution in [2.75, 3.05) is 0 Å². The van der Waals surface area contributed by atoms with E-state index in [-0.39, 0.29) is 12.1 Å². The molecule has 3 aromatic heterocycles. The van der Waals surface area contributed by atoms with Crippen molar-refractivity contribution in [1.82, 2.24) is 29.5 Å². The van der Waals surface area contributed by atoms with Crippen LogP contribution in [0.2, 0.25) is 0 Å². The normalized spacial score (nSPS) is 11.5. The van der Waals surface area contributed by atoms with Gasteiger partial charge >= 0.3 is 0 Å². The summed E-state index contributed by atoms with van der Waals surface area (Å²) in [7, 11) is 0. The maximum absolute atomic E-state index is 12.9. The van der Waals surface area contributed by atoms with Gasteiger partial charge in [-0.15, -0.1) is 0 Å². The summed E-state index contributed by atoms with van der Waals surface area (Å²) in [5.41, 5.74) is 3.24. The molecule has 2 aromatic carbocycles. The van der Waals surface area contributed by atoms with Gasteiger partial charge in [-0.25, -0.2) is 9.67 Å². The van der Waals surface area contributed by atoms with Crippen molar-refractivity contribution >= 4 is 11.0 Å². The average molecular weight is 412 g/mol. The maximum Gasteiger partial charge on any atom is 0.264 e. The standard InChI is InChI=1S/C23H20N6O2/c1-15(2)16-8-10-17(11-9-16)21-26-20(31-27-21)13-28-14-24-22-19(23(28)30)12-25-29(22)18-6-4-3-5-7-18/h3-12,14-15H,13H2,1-2H3. The molecule has 0 aliphatic heterocycles. The molecule has 0 aliphatic rings. The number of benzene rings is 2. The number of nitrogens with zero attached hydrogens (tertiary/aromatic N) is 6. The Morgan fingerprint density at radius 3 is 2.55 bits per heavy atom. The van der Waals surface area contributed by atoms with Gasteiger partial charge in [-0.1, -0.05) is 61.5 Å². The fraction of sp³-hybridized carbons (Fsp3) is 0.174. The molecule has 0 amide bonds. The zero-order valence-electron chi connectivity index (χ0n) is 17.1. The van der Waals surface area contributed by atoms with Crippen molar-refractivity contribution in [2.45, 2.75) is 26.3 Å². The molecule has 0 spiro atoms. The first kappa shape index (κ1) is 18.9. The van der Waals surface area contributed by atoms with Crippen molar-refractivity contribution in [3.63, 3.8) is 0 Å². The van der Waals surface area contributed by atoms with Crippen LogP contribution in [0.5, 0.6) is 0 Å². The molecule has 0 saturated heterocycles. The highest BCUT2D eigenvalue weighted by Crippen LogP contribution is 2.21. The van der Waals surface area contributed by atoms with E-state index in [1.165, 1.54) is 22.7 Å². The lowest BCUT2D eigenvalue weighted by atomic mass is 10.0. The lowest BCUT2D eigenvalue weighted by Crippen LogP contribution is -2.21. The number of para-hydroxylation sites is 1. The van der Waals surface area contributed by atoms with E-state index in [4.69, 9.17) is 4.52 Å². The summed E-state index contributed by atoms with van der Waals surface area (Å²) in [5.74, 6) is 1.28. The Kier molecular flexibility index (Phi) is 4.66. The van der Waals surface area contributed by atoms with Gasteiger partial charge in [-0.2, -0.15) is 10.1 Å². The average Bonchev–Trinajstić information content (AvgIpc) is 3.44. The Morgan fingerprint density at radius 1 is 1.03 bits per heavy atom. The third-order valence-corrected chi connectivity index (χ3v) is 5.16. The van der Waals surface area contributed by atoms with Crippen LogP contribution in [0, 0.1) is 0 Å². The lowest BCUT2D eigenvalue weighted by Gasteiger charge is -2.04. The minimum atomic E-state index is -0.215. The third-order valence-electron chi connectivity index (χ3n) is 5.16. The first-order chi connectivity index (χ1) is 15.1. The second-order valence-corrected chi connectivity index (χ2v) is 7.60. The molecule has 0 fully saturated rings. The number of hydrogen-bond acceptors (Lipinski definition) is 6. The Hall–Kier alpha value is -4.07. The fourth-order valence-electron chi connectivity index (χ4n) is 3.42. The van der Waals surface area contributed by atoms with Crippen LogP contribution in [0.25, 0.3) is 28.1 Å². The molecule has 5 rings (SSSR count). The summed E-state index contributed by atoms with van der Waals surface area (Å²) in [6, 6.07) is 17.6. The van der Waals surface area contributed by atoms with Gasteiger partial charge < -0.3 is 4.52 Å². The first-order valence-corrected chi connectivity index (χ1v) is 10.0. The van der Waals surface area contributed by atoms with E-state index in [0.717, 1.165) is 11.3 Å². The van der Waals surface area contributed by atoms with Crippen molar-refractivity contribution in [1.29, 1.82) is 0 Å². The van der Waals surface area contributed by atoms with Gasteiger partial charge in [0.05, 0.1) is 11.9 Å². The third kappa shape index (κ3) is 3.52. The molecule has 0 N–H and O–H groups in total. The SMILES string of the molecule is CC(C)c1ccc(-c2noc(Cn3cnc4c(cnn4-c4ccccc4)c3=O)n2)cc1. The first-order valence-electron chi connectivity index (χ1n) is 10.0. The molecule has 0 atom stereocenters. The topological polar surface area (TPSA) is 91.6 Å². The van der Waals surface area contributed by atoms with E-state index >= 15 is 0 Å². The van der Waals surface area contributed by atoms with Gasteiger partial charge in [-0.05, 0) is 23.6 Å². The van der Waals surface area contributed by atoms with E-state index in [9.17, 15) is 4.79 Å². The van der Waals surface area contributed by atoms with Crippen molar-refractivity contribution < 1.29 is 4.52 Å². The fourth-order valence-corrected chi connectivity index (χ4v) is 3.42. The Bertz CT molecular complexity index is 1400. The second kappa shape index (κ2) is 7.64. The minimum absolute atomic E-state index is 0.134. The van der Waals surface area contributed by atoms with Crippen LogP contribution in [-0.4, -0.2) is 29.5 Å². The van der Waals surface area contributed by atoms with Crippen molar-refractivity contribution in [3.05, 3.63) is 88.9 Å². The zero-order chi connectivity index (χ0) is 21.4. The summed E-state index contributed by atoms with van der Waals surface area (Å²) < 4.78 is 8.46. The highest BCUT2D eigenvalue weighted by Gasteiger charge is 2.14. The molecule has 0 radical (unpaired) electrons. The van der Waals surface area contributed by atoms with Crippen LogP contribution in [0.1, 0.15) is 31.2 Å². The van der Waals surface area contributed by atoms with E-state index < -0.39 is 0 Å². The minimum Gasteiger partial charge on any atom is -0.337 e. The predicted octanol–water partition coefficient (Wildman–Crippen LogP) is 3.80. The molecule has 3 heterocycles. The number of hydrogen-bond donors (Lipinski definition) is 0. The van der Waals surface area contributed by atoms with Crippen LogP contribution in [0.15, 0.2) is 76.4 Å². The summed E-state index contributed by atoms with van der Waals surface area (Å²) in [4.78, 5) is 21.8. The Balaban J connectivity index is 1.42. The predicted molar refractivity (Wildman–Crippen MR) is 116 cm³/mol. The van der Waals surface area contributed by atoms with Crippen LogP contribution in [-0.2, 0) is 6.54 Å². The van der Waals surface area contributed by atoms with Crippen LogP contribution in [0.4, 0.5) is 0 Å². The monoisotopic (exact) mass is 412 g/mol. The molecule has 0 unspecified atom stereocenters. The van der Waals surface area contributed by atoms with Crippen molar-refractivity contribution in [2.24, 2.45) is 0 Å². The van der Waals surface area contributed by atoms with Crippen LogP contribution < -0.4 is 5.56 Å². The van der Waals surface area contributed by atoms with Crippen molar-refractivity contribution in [3.8, 4) is 17.1 Å². The van der Waals surface area contributed by atoms with Gasteiger partial charge in [0.15, 0.2) is 5.65 Å². The molecule has 0 bridgehead atoms. The molecular formula is C23H20N6O2. The second-order valence-electron chi connectivity index (χ2n) is 7.60. The molecule has 31 heavy (non-hydrogen) atoms. The molecule has 154 valence electrons. The van der Waals surface area contributed by atoms with Gasteiger partial charge in [0, 0.05) is 5.56 Å². The van der Waals surface area contributed by atoms with E-state index in [1.54, 1.807) is 4.68 Å². The summed E-state index contributed by atoms with van der Waals surface area (Å²) in [5, 5.41) is 8.81. The largest absolute Gasteiger partial charge is 0.337 e. The van der Waals surface area contributed by atoms with Gasteiger partial charge in [0.1, 0.15) is 18.3 Å². The Labute approximate surface area is 177 Å². The van der Waals surface area contributed by atoms with Gasteiger partial charge in [0.2, 0.25) is 11.7 Å². The zero-order valence-corrected chi connectivity index (χ0v) is 17.1. The van der Waals surface area contributed by atoms with E-state index in [1.807, 2.05) is 42.5 Å². The molecule has 8 nitrogen and oxygen atoms in total. The maximum atomic E-state index is 12.9. The number of rotatable bonds is 5. The van der Waals surface area contributed by atoms with Gasteiger partial charge in [-0.3, -0.25) is 9.36 Å². The number of fused-ring (bicyclic) bond motifs is 1. The molecule has 0 aliphatic carbocycles. The molecule has 8 heteroatoms. The highest BCUT2D eigenvalue weighted by atomic mass is 16.5. The van der Waals surface area contributed by atoms with E-state index in [2.05, 4.69) is 46.2 Å². The van der Waals surface area contributed by atoms with Crippen LogP contribution in [0.3, 0.4) is 0 Å². The molecule has 0 saturated carbocycles. The van der Waals surface area contributed by atoms with Crippen LogP contribution >= 0.6 is 0 Å². The molecular weight excluding hydrogens is 392 g/mol. The Morgan fingerprint density at radius 2 is 1.81 bits per heavy atom. The summed E-state index contributed by atoms with van der Waals surface area (Å²) >= 11 is 0. The summed E-state index contributed by atoms with van der Waals surface area (Å²) in [6.07, 6.45) is 3.01. The summed E-state index contributed by atoms with van der Waals surface area (Å²) in [6.45, 7) is 4.43. The number of aromatic nitrogens is 6. The van der Waals surface area contributed by atoms with Gasteiger partial charge in [0.25, 0.3) is 5.56 Å². The lowest BCUT2D eigenvalue weighted by molar-refractivity contribution is 0.369. The molecule has 5 aromatic rings. The highest BCUT2D eigenvalue weighted by molar-refractivity contribution is 5.74.